The van der Waals surface area contributed by atoms with Gasteiger partial charge in [-0.1, -0.05) is 30.3 Å². The number of amides is 1. The van der Waals surface area contributed by atoms with Crippen LogP contribution in [-0.4, -0.2) is 40.8 Å². The van der Waals surface area contributed by atoms with Crippen molar-refractivity contribution in [1.82, 2.24) is 4.90 Å². The molecule has 22 heavy (non-hydrogen) atoms. The topological polar surface area (TPSA) is 49.8 Å². The van der Waals surface area contributed by atoms with Crippen molar-refractivity contribution >= 4 is 5.91 Å². The standard InChI is InChI=1S/C18H27NO3/c1-18(2,21)14-19(13-15-7-4-3-5-8-15)17(20)11-10-16-9-6-12-22-16/h3-5,7-8,16,21H,6,9-14H2,1-2H3. The van der Waals surface area contributed by atoms with Crippen LogP contribution in [0, 0.1) is 0 Å². The summed E-state index contributed by atoms with van der Waals surface area (Å²) in [6.07, 6.45) is 3.63. The first-order valence-corrected chi connectivity index (χ1v) is 8.10. The number of carbonyl (C=O) groups excluding carboxylic acids is 1. The largest absolute Gasteiger partial charge is 0.389 e. The normalized spacial score (nSPS) is 18.4. The first-order valence-electron chi connectivity index (χ1n) is 8.10. The van der Waals surface area contributed by atoms with Gasteiger partial charge in [-0.2, -0.15) is 0 Å². The molecule has 1 amide bonds. The Kier molecular flexibility index (Phi) is 5.98. The second-order valence-electron chi connectivity index (χ2n) is 6.72. The summed E-state index contributed by atoms with van der Waals surface area (Å²) in [5.74, 6) is 0.0847. The molecule has 0 saturated carbocycles. The van der Waals surface area contributed by atoms with Crippen molar-refractivity contribution in [2.45, 2.75) is 57.8 Å². The Balaban J connectivity index is 1.94. The molecular weight excluding hydrogens is 278 g/mol. The molecule has 1 unspecified atom stereocenters. The monoisotopic (exact) mass is 305 g/mol. The second-order valence-corrected chi connectivity index (χ2v) is 6.72. The fourth-order valence-electron chi connectivity index (χ4n) is 2.82. The van der Waals surface area contributed by atoms with E-state index in [4.69, 9.17) is 4.74 Å². The zero-order valence-electron chi connectivity index (χ0n) is 13.6. The SMILES string of the molecule is CC(C)(O)CN(Cc1ccccc1)C(=O)CCC1CCCO1. The minimum absolute atomic E-state index is 0.0847. The van der Waals surface area contributed by atoms with Gasteiger partial charge in [0.2, 0.25) is 5.91 Å². The number of nitrogens with zero attached hydrogens (tertiary/aromatic N) is 1. The van der Waals surface area contributed by atoms with Crippen LogP contribution in [0.5, 0.6) is 0 Å². The lowest BCUT2D eigenvalue weighted by Crippen LogP contribution is -2.42. The highest BCUT2D eigenvalue weighted by Gasteiger charge is 2.24. The fourth-order valence-corrected chi connectivity index (χ4v) is 2.82. The van der Waals surface area contributed by atoms with Crippen molar-refractivity contribution in [3.63, 3.8) is 0 Å². The summed E-state index contributed by atoms with van der Waals surface area (Å²) in [5, 5.41) is 10.1. The lowest BCUT2D eigenvalue weighted by molar-refractivity contribution is -0.135. The van der Waals surface area contributed by atoms with Gasteiger partial charge < -0.3 is 14.7 Å². The molecule has 0 radical (unpaired) electrons. The molecular formula is C18H27NO3. The van der Waals surface area contributed by atoms with Gasteiger partial charge in [0.1, 0.15) is 0 Å². The highest BCUT2D eigenvalue weighted by atomic mass is 16.5. The maximum absolute atomic E-state index is 12.5. The number of hydrogen-bond acceptors (Lipinski definition) is 3. The minimum atomic E-state index is -0.895. The summed E-state index contributed by atoms with van der Waals surface area (Å²) in [5.41, 5.74) is 0.186. The van der Waals surface area contributed by atoms with Crippen molar-refractivity contribution in [2.24, 2.45) is 0 Å². The summed E-state index contributed by atoms with van der Waals surface area (Å²) < 4.78 is 5.58. The summed E-state index contributed by atoms with van der Waals surface area (Å²) in [4.78, 5) is 14.3. The minimum Gasteiger partial charge on any atom is -0.389 e. The van der Waals surface area contributed by atoms with E-state index in [0.717, 1.165) is 31.4 Å². The van der Waals surface area contributed by atoms with Crippen LogP contribution in [-0.2, 0) is 16.1 Å². The third-order valence-corrected chi connectivity index (χ3v) is 3.85. The smallest absolute Gasteiger partial charge is 0.223 e. The lowest BCUT2D eigenvalue weighted by atomic mass is 10.1. The van der Waals surface area contributed by atoms with Crippen LogP contribution < -0.4 is 0 Å². The van der Waals surface area contributed by atoms with E-state index in [9.17, 15) is 9.90 Å². The van der Waals surface area contributed by atoms with Crippen LogP contribution in [0.4, 0.5) is 0 Å². The van der Waals surface area contributed by atoms with Crippen molar-refractivity contribution in [1.29, 1.82) is 0 Å². The molecule has 1 aliphatic rings. The van der Waals surface area contributed by atoms with Gasteiger partial charge in [0.05, 0.1) is 11.7 Å². The maximum atomic E-state index is 12.5. The Morgan fingerprint density at radius 2 is 2.09 bits per heavy atom. The molecule has 0 bridgehead atoms. The quantitative estimate of drug-likeness (QED) is 0.842. The summed E-state index contributed by atoms with van der Waals surface area (Å²) in [6.45, 7) is 5.16. The lowest BCUT2D eigenvalue weighted by Gasteiger charge is -2.29. The molecule has 1 saturated heterocycles. The molecule has 122 valence electrons. The predicted molar refractivity (Wildman–Crippen MR) is 86.4 cm³/mol. The molecule has 4 nitrogen and oxygen atoms in total. The van der Waals surface area contributed by atoms with E-state index in [1.54, 1.807) is 18.7 Å². The molecule has 1 aliphatic heterocycles. The zero-order valence-corrected chi connectivity index (χ0v) is 13.6. The van der Waals surface area contributed by atoms with Crippen molar-refractivity contribution in [2.75, 3.05) is 13.2 Å². The number of rotatable bonds is 7. The van der Waals surface area contributed by atoms with E-state index < -0.39 is 5.60 Å². The Labute approximate surface area is 133 Å². The first kappa shape index (κ1) is 17.0. The average molecular weight is 305 g/mol. The number of aliphatic hydroxyl groups is 1. The van der Waals surface area contributed by atoms with Crippen LogP contribution in [0.15, 0.2) is 30.3 Å². The molecule has 0 aromatic heterocycles. The number of hydrogen-bond donors (Lipinski definition) is 1. The van der Waals surface area contributed by atoms with Crippen LogP contribution in [0.1, 0.15) is 45.1 Å². The molecule has 1 heterocycles. The molecule has 1 aromatic rings. The zero-order chi connectivity index (χ0) is 16.0. The second kappa shape index (κ2) is 7.75. The number of carbonyl (C=O) groups is 1. The van der Waals surface area contributed by atoms with Gasteiger partial charge in [-0.25, -0.2) is 0 Å². The summed E-state index contributed by atoms with van der Waals surface area (Å²) in [6, 6.07) is 9.90. The molecule has 1 aromatic carbocycles. The predicted octanol–water partition coefficient (Wildman–Crippen LogP) is 2.75. The van der Waals surface area contributed by atoms with E-state index in [-0.39, 0.29) is 12.0 Å². The van der Waals surface area contributed by atoms with Crippen molar-refractivity contribution < 1.29 is 14.6 Å². The van der Waals surface area contributed by atoms with Crippen LogP contribution in [0.25, 0.3) is 0 Å². The molecule has 1 N–H and O–H groups in total. The van der Waals surface area contributed by atoms with E-state index in [1.807, 2.05) is 30.3 Å². The van der Waals surface area contributed by atoms with E-state index in [1.165, 1.54) is 0 Å². The van der Waals surface area contributed by atoms with Crippen molar-refractivity contribution in [3.05, 3.63) is 35.9 Å². The van der Waals surface area contributed by atoms with Crippen LogP contribution in [0.2, 0.25) is 0 Å². The maximum Gasteiger partial charge on any atom is 0.223 e. The number of ether oxygens (including phenoxy) is 1. The fraction of sp³-hybridized carbons (Fsp3) is 0.611. The highest BCUT2D eigenvalue weighted by molar-refractivity contribution is 5.76. The van der Waals surface area contributed by atoms with Gasteiger partial charge >= 0.3 is 0 Å². The van der Waals surface area contributed by atoms with E-state index in [2.05, 4.69) is 0 Å². The Morgan fingerprint density at radius 3 is 2.68 bits per heavy atom. The first-order chi connectivity index (χ1) is 10.4. The van der Waals surface area contributed by atoms with Crippen LogP contribution in [0.3, 0.4) is 0 Å². The van der Waals surface area contributed by atoms with Gasteiger partial charge in [-0.3, -0.25) is 4.79 Å². The molecule has 1 atom stereocenters. The van der Waals surface area contributed by atoms with Crippen LogP contribution >= 0.6 is 0 Å². The highest BCUT2D eigenvalue weighted by Crippen LogP contribution is 2.19. The van der Waals surface area contributed by atoms with Gasteiger partial charge in [-0.15, -0.1) is 0 Å². The summed E-state index contributed by atoms with van der Waals surface area (Å²) >= 11 is 0. The van der Waals surface area contributed by atoms with Crippen molar-refractivity contribution in [3.8, 4) is 0 Å². The molecule has 0 spiro atoms. The van der Waals surface area contributed by atoms with Gasteiger partial charge in [-0.05, 0) is 38.7 Å². The third-order valence-electron chi connectivity index (χ3n) is 3.85. The third kappa shape index (κ3) is 5.78. The van der Waals surface area contributed by atoms with Gasteiger partial charge in [0, 0.05) is 26.1 Å². The Morgan fingerprint density at radius 1 is 1.36 bits per heavy atom. The van der Waals surface area contributed by atoms with Gasteiger partial charge in [0.15, 0.2) is 0 Å². The number of benzene rings is 1. The summed E-state index contributed by atoms with van der Waals surface area (Å²) in [7, 11) is 0. The molecule has 0 aliphatic carbocycles. The van der Waals surface area contributed by atoms with Gasteiger partial charge in [0.25, 0.3) is 0 Å². The van der Waals surface area contributed by atoms with E-state index >= 15 is 0 Å². The molecule has 1 fully saturated rings. The average Bonchev–Trinajstić information content (AvgIpc) is 2.97. The molecule has 2 rings (SSSR count). The Bertz CT molecular complexity index is 461. The Hall–Kier alpha value is -1.39. The van der Waals surface area contributed by atoms with E-state index in [0.29, 0.717) is 19.5 Å². The molecule has 4 heteroatoms.